The fourth-order valence-corrected chi connectivity index (χ4v) is 1.82. The Kier molecular flexibility index (Phi) is 2.81. The van der Waals surface area contributed by atoms with E-state index < -0.39 is 0 Å². The van der Waals surface area contributed by atoms with Crippen LogP contribution in [0.5, 0.6) is 11.5 Å². The number of methoxy groups -OCH3 is 2. The van der Waals surface area contributed by atoms with E-state index in [1.807, 2.05) is 18.3 Å². The molecule has 0 saturated heterocycles. The quantitative estimate of drug-likeness (QED) is 0.799. The van der Waals surface area contributed by atoms with Crippen LogP contribution in [0.2, 0.25) is 0 Å². The molecule has 0 unspecified atom stereocenters. The zero-order valence-corrected chi connectivity index (χ0v) is 9.04. The first kappa shape index (κ1) is 9.90. The maximum absolute atomic E-state index is 5.39. The van der Waals surface area contributed by atoms with Gasteiger partial charge in [-0.1, -0.05) is 6.07 Å². The van der Waals surface area contributed by atoms with Crippen LogP contribution in [-0.2, 0) is 6.42 Å². The average molecular weight is 205 g/mol. The van der Waals surface area contributed by atoms with Gasteiger partial charge in [0, 0.05) is 12.1 Å². The van der Waals surface area contributed by atoms with E-state index in [4.69, 9.17) is 9.47 Å². The molecule has 0 fully saturated rings. The fourth-order valence-electron chi connectivity index (χ4n) is 1.82. The molecule has 0 aliphatic carbocycles. The Morgan fingerprint density at radius 2 is 2.07 bits per heavy atom. The lowest BCUT2D eigenvalue weighted by Crippen LogP contribution is -2.07. The zero-order chi connectivity index (χ0) is 10.7. The minimum atomic E-state index is 0.780. The smallest absolute Gasteiger partial charge is 0.168 e. The van der Waals surface area contributed by atoms with Crippen molar-refractivity contribution in [1.29, 1.82) is 0 Å². The molecule has 0 atom stereocenters. The van der Waals surface area contributed by atoms with E-state index >= 15 is 0 Å². The molecule has 80 valence electrons. The highest BCUT2D eigenvalue weighted by atomic mass is 16.5. The van der Waals surface area contributed by atoms with Crippen LogP contribution in [0.3, 0.4) is 0 Å². The second kappa shape index (κ2) is 4.26. The van der Waals surface area contributed by atoms with Gasteiger partial charge in [-0.2, -0.15) is 0 Å². The molecular weight excluding hydrogens is 190 g/mol. The lowest BCUT2D eigenvalue weighted by molar-refractivity contribution is 0.354. The molecule has 1 aromatic carbocycles. The second-order valence-corrected chi connectivity index (χ2v) is 3.41. The highest BCUT2D eigenvalue weighted by Crippen LogP contribution is 2.34. The molecule has 0 aromatic heterocycles. The Balaban J connectivity index is 2.56. The van der Waals surface area contributed by atoms with Gasteiger partial charge in [-0.3, -0.25) is 0 Å². The van der Waals surface area contributed by atoms with Gasteiger partial charge in [0.1, 0.15) is 0 Å². The lowest BCUT2D eigenvalue weighted by Gasteiger charge is -2.13. The van der Waals surface area contributed by atoms with Crippen LogP contribution < -0.4 is 14.8 Å². The first-order chi connectivity index (χ1) is 7.36. The van der Waals surface area contributed by atoms with E-state index in [-0.39, 0.29) is 0 Å². The van der Waals surface area contributed by atoms with E-state index in [0.717, 1.165) is 30.0 Å². The van der Waals surface area contributed by atoms with Crippen molar-refractivity contribution in [3.63, 3.8) is 0 Å². The third-order valence-corrected chi connectivity index (χ3v) is 2.58. The molecule has 0 amide bonds. The van der Waals surface area contributed by atoms with Gasteiger partial charge in [-0.15, -0.1) is 0 Å². The molecule has 3 heteroatoms. The van der Waals surface area contributed by atoms with E-state index in [9.17, 15) is 0 Å². The molecule has 1 aliphatic rings. The lowest BCUT2D eigenvalue weighted by atomic mass is 10.0. The van der Waals surface area contributed by atoms with Crippen LogP contribution in [0, 0.1) is 0 Å². The van der Waals surface area contributed by atoms with Crippen LogP contribution in [-0.4, -0.2) is 20.8 Å². The number of rotatable bonds is 2. The SMILES string of the molecule is COc1ccc2c(c1OC)C=CNCC2. The van der Waals surface area contributed by atoms with Crippen molar-refractivity contribution in [2.45, 2.75) is 6.42 Å². The third kappa shape index (κ3) is 1.77. The van der Waals surface area contributed by atoms with Crippen molar-refractivity contribution in [1.82, 2.24) is 5.32 Å². The Bertz CT molecular complexity index is 385. The predicted molar refractivity (Wildman–Crippen MR) is 60.3 cm³/mol. The minimum Gasteiger partial charge on any atom is -0.493 e. The predicted octanol–water partition coefficient (Wildman–Crippen LogP) is 1.82. The largest absolute Gasteiger partial charge is 0.493 e. The summed E-state index contributed by atoms with van der Waals surface area (Å²) < 4.78 is 10.6. The van der Waals surface area contributed by atoms with Crippen molar-refractivity contribution in [2.24, 2.45) is 0 Å². The van der Waals surface area contributed by atoms with Crippen LogP contribution in [0.15, 0.2) is 18.3 Å². The highest BCUT2D eigenvalue weighted by Gasteiger charge is 2.13. The van der Waals surface area contributed by atoms with Gasteiger partial charge in [0.25, 0.3) is 0 Å². The van der Waals surface area contributed by atoms with Crippen LogP contribution >= 0.6 is 0 Å². The normalized spacial score (nSPS) is 13.7. The molecular formula is C12H15NO2. The summed E-state index contributed by atoms with van der Waals surface area (Å²) in [6, 6.07) is 4.05. The Morgan fingerprint density at radius 3 is 2.80 bits per heavy atom. The van der Waals surface area contributed by atoms with E-state index in [1.165, 1.54) is 5.56 Å². The number of ether oxygens (including phenoxy) is 2. The van der Waals surface area contributed by atoms with Gasteiger partial charge in [-0.05, 0) is 30.3 Å². The Morgan fingerprint density at radius 1 is 1.20 bits per heavy atom. The average Bonchev–Trinajstić information content (AvgIpc) is 2.52. The molecule has 1 heterocycles. The summed E-state index contributed by atoms with van der Waals surface area (Å²) in [7, 11) is 3.33. The van der Waals surface area contributed by atoms with Crippen molar-refractivity contribution in [3.05, 3.63) is 29.5 Å². The molecule has 0 radical (unpaired) electrons. The molecule has 15 heavy (non-hydrogen) atoms. The maximum Gasteiger partial charge on any atom is 0.168 e. The first-order valence-electron chi connectivity index (χ1n) is 5.00. The van der Waals surface area contributed by atoms with Gasteiger partial charge < -0.3 is 14.8 Å². The topological polar surface area (TPSA) is 30.5 Å². The molecule has 0 bridgehead atoms. The number of benzene rings is 1. The zero-order valence-electron chi connectivity index (χ0n) is 9.04. The summed E-state index contributed by atoms with van der Waals surface area (Å²) in [4.78, 5) is 0. The van der Waals surface area contributed by atoms with Gasteiger partial charge in [0.2, 0.25) is 0 Å². The number of nitrogens with one attached hydrogen (secondary N) is 1. The van der Waals surface area contributed by atoms with Gasteiger partial charge in [-0.25, -0.2) is 0 Å². The van der Waals surface area contributed by atoms with E-state index in [2.05, 4.69) is 11.4 Å². The standard InChI is InChI=1S/C12H15NO2/c1-14-11-4-3-9-5-7-13-8-6-10(9)12(11)15-2/h3-4,6,8,13H,5,7H2,1-2H3. The molecule has 0 saturated carbocycles. The summed E-state index contributed by atoms with van der Waals surface area (Å²) in [5.41, 5.74) is 2.40. The second-order valence-electron chi connectivity index (χ2n) is 3.41. The van der Waals surface area contributed by atoms with Crippen molar-refractivity contribution in [2.75, 3.05) is 20.8 Å². The maximum atomic E-state index is 5.39. The van der Waals surface area contributed by atoms with Crippen molar-refractivity contribution < 1.29 is 9.47 Å². The molecule has 1 N–H and O–H groups in total. The van der Waals surface area contributed by atoms with E-state index in [1.54, 1.807) is 14.2 Å². The van der Waals surface area contributed by atoms with E-state index in [0.29, 0.717) is 0 Å². The summed E-state index contributed by atoms with van der Waals surface area (Å²) in [5, 5.41) is 3.21. The van der Waals surface area contributed by atoms with Gasteiger partial charge >= 0.3 is 0 Å². The van der Waals surface area contributed by atoms with Crippen molar-refractivity contribution in [3.8, 4) is 11.5 Å². The minimum absolute atomic E-state index is 0.780. The van der Waals surface area contributed by atoms with Crippen LogP contribution in [0.25, 0.3) is 6.08 Å². The van der Waals surface area contributed by atoms with Crippen molar-refractivity contribution >= 4 is 6.08 Å². The highest BCUT2D eigenvalue weighted by molar-refractivity contribution is 5.66. The Labute approximate surface area is 89.7 Å². The number of fused-ring (bicyclic) bond motifs is 1. The molecule has 0 spiro atoms. The molecule has 1 aromatic rings. The van der Waals surface area contributed by atoms with Crippen LogP contribution in [0.1, 0.15) is 11.1 Å². The van der Waals surface area contributed by atoms with Gasteiger partial charge in [0.15, 0.2) is 11.5 Å². The third-order valence-electron chi connectivity index (χ3n) is 2.58. The Hall–Kier alpha value is -1.64. The molecule has 2 rings (SSSR count). The molecule has 3 nitrogen and oxygen atoms in total. The molecule has 1 aliphatic heterocycles. The first-order valence-corrected chi connectivity index (χ1v) is 5.00. The monoisotopic (exact) mass is 205 g/mol. The van der Waals surface area contributed by atoms with Gasteiger partial charge in [0.05, 0.1) is 14.2 Å². The summed E-state index contributed by atoms with van der Waals surface area (Å²) in [6.07, 6.45) is 4.99. The number of hydrogen-bond donors (Lipinski definition) is 1. The summed E-state index contributed by atoms with van der Waals surface area (Å²) >= 11 is 0. The summed E-state index contributed by atoms with van der Waals surface area (Å²) in [5.74, 6) is 1.60. The number of hydrogen-bond acceptors (Lipinski definition) is 3. The van der Waals surface area contributed by atoms with Crippen LogP contribution in [0.4, 0.5) is 0 Å². The summed E-state index contributed by atoms with van der Waals surface area (Å²) in [6.45, 7) is 0.957. The fraction of sp³-hybridized carbons (Fsp3) is 0.333.